The predicted octanol–water partition coefficient (Wildman–Crippen LogP) is 2.28. The fourth-order valence-corrected chi connectivity index (χ4v) is 1.69. The first-order valence-electron chi connectivity index (χ1n) is 4.35. The second-order valence-corrected chi connectivity index (χ2v) is 3.69. The van der Waals surface area contributed by atoms with Crippen molar-refractivity contribution in [3.63, 3.8) is 0 Å². The fraction of sp³-hybridized carbons (Fsp3) is 0.333. The third-order valence-electron chi connectivity index (χ3n) is 2.39. The molecule has 14 heavy (non-hydrogen) atoms. The molecular formula is C9H9ClN2O2. The van der Waals surface area contributed by atoms with Crippen molar-refractivity contribution in [1.82, 2.24) is 5.32 Å². The zero-order chi connectivity index (χ0) is 10.1. The van der Waals surface area contributed by atoms with Crippen LogP contribution >= 0.6 is 11.6 Å². The van der Waals surface area contributed by atoms with Crippen molar-refractivity contribution in [2.45, 2.75) is 12.5 Å². The van der Waals surface area contributed by atoms with Gasteiger partial charge in [0.1, 0.15) is 0 Å². The average molecular weight is 213 g/mol. The highest BCUT2D eigenvalue weighted by Gasteiger charge is 2.26. The monoisotopic (exact) mass is 212 g/mol. The van der Waals surface area contributed by atoms with Crippen LogP contribution < -0.4 is 5.32 Å². The van der Waals surface area contributed by atoms with Crippen LogP contribution in [0.4, 0.5) is 5.69 Å². The van der Waals surface area contributed by atoms with Gasteiger partial charge >= 0.3 is 0 Å². The summed E-state index contributed by atoms with van der Waals surface area (Å²) in [6, 6.07) is 4.92. The van der Waals surface area contributed by atoms with Gasteiger partial charge in [0.15, 0.2) is 0 Å². The Bertz CT molecular complexity index is 377. The van der Waals surface area contributed by atoms with Gasteiger partial charge in [-0.1, -0.05) is 11.6 Å². The van der Waals surface area contributed by atoms with Crippen LogP contribution in [0.3, 0.4) is 0 Å². The second kappa shape index (κ2) is 3.55. The first-order valence-corrected chi connectivity index (χ1v) is 4.73. The van der Waals surface area contributed by atoms with E-state index in [4.69, 9.17) is 11.6 Å². The summed E-state index contributed by atoms with van der Waals surface area (Å²) in [6.45, 7) is 0.921. The molecule has 0 saturated carbocycles. The molecule has 1 unspecified atom stereocenters. The Morgan fingerprint density at radius 1 is 1.57 bits per heavy atom. The third kappa shape index (κ3) is 1.58. The predicted molar refractivity (Wildman–Crippen MR) is 53.5 cm³/mol. The van der Waals surface area contributed by atoms with Crippen LogP contribution in [0.2, 0.25) is 5.02 Å². The van der Waals surface area contributed by atoms with Crippen LogP contribution in [-0.2, 0) is 0 Å². The summed E-state index contributed by atoms with van der Waals surface area (Å²) in [6.07, 6.45) is 0.947. The van der Waals surface area contributed by atoms with Crippen molar-refractivity contribution in [3.05, 3.63) is 38.9 Å². The van der Waals surface area contributed by atoms with Crippen LogP contribution in [0.5, 0.6) is 0 Å². The van der Waals surface area contributed by atoms with Crippen LogP contribution in [0.15, 0.2) is 18.2 Å². The van der Waals surface area contributed by atoms with E-state index in [1.807, 2.05) is 0 Å². The van der Waals surface area contributed by atoms with E-state index in [0.717, 1.165) is 18.5 Å². The number of hydrogen-bond donors (Lipinski definition) is 1. The standard InChI is InChI=1S/C9H9ClN2O2/c10-6-1-2-7(8-3-4-11-8)9(5-6)12(13)14/h1-2,5,8,11H,3-4H2. The molecule has 1 fully saturated rings. The molecular weight excluding hydrogens is 204 g/mol. The normalized spacial score (nSPS) is 20.2. The molecule has 0 spiro atoms. The summed E-state index contributed by atoms with van der Waals surface area (Å²) in [5.41, 5.74) is 0.834. The van der Waals surface area contributed by atoms with Crippen molar-refractivity contribution in [2.75, 3.05) is 6.54 Å². The Balaban J connectivity index is 2.41. The summed E-state index contributed by atoms with van der Waals surface area (Å²) in [5.74, 6) is 0. The molecule has 0 aliphatic carbocycles. The van der Waals surface area contributed by atoms with Gasteiger partial charge < -0.3 is 5.32 Å². The first-order chi connectivity index (χ1) is 6.68. The molecule has 1 aromatic rings. The molecule has 0 bridgehead atoms. The van der Waals surface area contributed by atoms with Gasteiger partial charge in [0, 0.05) is 22.7 Å². The topological polar surface area (TPSA) is 55.2 Å². The molecule has 0 radical (unpaired) electrons. The number of nitrogens with zero attached hydrogens (tertiary/aromatic N) is 1. The van der Waals surface area contributed by atoms with Crippen LogP contribution in [0.25, 0.3) is 0 Å². The van der Waals surface area contributed by atoms with Gasteiger partial charge in [0.05, 0.1) is 4.92 Å². The van der Waals surface area contributed by atoms with Gasteiger partial charge in [-0.15, -0.1) is 0 Å². The highest BCUT2D eigenvalue weighted by Crippen LogP contribution is 2.32. The molecule has 1 saturated heterocycles. The number of nitrogens with one attached hydrogen (secondary N) is 1. The lowest BCUT2D eigenvalue weighted by atomic mass is 9.96. The Hall–Kier alpha value is -1.13. The zero-order valence-corrected chi connectivity index (χ0v) is 8.12. The lowest BCUT2D eigenvalue weighted by molar-refractivity contribution is -0.385. The van der Waals surface area contributed by atoms with E-state index in [9.17, 15) is 10.1 Å². The summed E-state index contributed by atoms with van der Waals surface area (Å²) < 4.78 is 0. The first kappa shape index (κ1) is 9.43. The van der Waals surface area contributed by atoms with Gasteiger partial charge in [-0.05, 0) is 25.1 Å². The minimum atomic E-state index is -0.388. The van der Waals surface area contributed by atoms with Gasteiger partial charge in [-0.3, -0.25) is 10.1 Å². The van der Waals surface area contributed by atoms with E-state index in [1.165, 1.54) is 6.07 Å². The fourth-order valence-electron chi connectivity index (χ4n) is 1.52. The quantitative estimate of drug-likeness (QED) is 0.605. The SMILES string of the molecule is O=[N+]([O-])c1cc(Cl)ccc1C1CCN1. The summed E-state index contributed by atoms with van der Waals surface area (Å²) in [5, 5.41) is 14.3. The number of nitro benzene ring substituents is 1. The van der Waals surface area contributed by atoms with Gasteiger partial charge in [-0.2, -0.15) is 0 Å². The van der Waals surface area contributed by atoms with Crippen molar-refractivity contribution in [1.29, 1.82) is 0 Å². The minimum absolute atomic E-state index is 0.106. The molecule has 0 aromatic heterocycles. The molecule has 1 aromatic carbocycles. The van der Waals surface area contributed by atoms with E-state index in [1.54, 1.807) is 12.1 Å². The largest absolute Gasteiger partial charge is 0.310 e. The van der Waals surface area contributed by atoms with Gasteiger partial charge in [-0.25, -0.2) is 0 Å². The van der Waals surface area contributed by atoms with Gasteiger partial charge in [0.25, 0.3) is 5.69 Å². The molecule has 1 N–H and O–H groups in total. The van der Waals surface area contributed by atoms with Gasteiger partial charge in [0.2, 0.25) is 0 Å². The Morgan fingerprint density at radius 3 is 2.79 bits per heavy atom. The summed E-state index contributed by atoms with van der Waals surface area (Å²) in [7, 11) is 0. The summed E-state index contributed by atoms with van der Waals surface area (Å²) in [4.78, 5) is 10.3. The third-order valence-corrected chi connectivity index (χ3v) is 2.62. The number of nitro groups is 1. The van der Waals surface area contributed by atoms with E-state index < -0.39 is 0 Å². The molecule has 2 rings (SSSR count). The van der Waals surface area contributed by atoms with Crippen LogP contribution in [0.1, 0.15) is 18.0 Å². The molecule has 1 atom stereocenters. The number of halogens is 1. The Kier molecular flexibility index (Phi) is 2.39. The van der Waals surface area contributed by atoms with Crippen molar-refractivity contribution >= 4 is 17.3 Å². The molecule has 5 heteroatoms. The minimum Gasteiger partial charge on any atom is -0.310 e. The Labute approximate surface area is 86.0 Å². The summed E-state index contributed by atoms with van der Waals surface area (Å²) >= 11 is 5.70. The number of hydrogen-bond acceptors (Lipinski definition) is 3. The van der Waals surface area contributed by atoms with Crippen molar-refractivity contribution in [2.24, 2.45) is 0 Å². The smallest absolute Gasteiger partial charge is 0.275 e. The van der Waals surface area contributed by atoms with E-state index >= 15 is 0 Å². The van der Waals surface area contributed by atoms with Crippen LogP contribution in [-0.4, -0.2) is 11.5 Å². The van der Waals surface area contributed by atoms with E-state index in [-0.39, 0.29) is 16.7 Å². The maximum atomic E-state index is 10.7. The molecule has 1 heterocycles. The molecule has 4 nitrogen and oxygen atoms in total. The van der Waals surface area contributed by atoms with Crippen LogP contribution in [0, 0.1) is 10.1 Å². The number of benzene rings is 1. The molecule has 0 amide bonds. The number of rotatable bonds is 2. The van der Waals surface area contributed by atoms with E-state index in [0.29, 0.717) is 5.02 Å². The second-order valence-electron chi connectivity index (χ2n) is 3.26. The lowest BCUT2D eigenvalue weighted by Crippen LogP contribution is -2.35. The zero-order valence-electron chi connectivity index (χ0n) is 7.37. The average Bonchev–Trinajstić information content (AvgIpc) is 2.04. The maximum absolute atomic E-state index is 10.7. The molecule has 1 aliphatic heterocycles. The van der Waals surface area contributed by atoms with Crippen molar-refractivity contribution in [3.8, 4) is 0 Å². The lowest BCUT2D eigenvalue weighted by Gasteiger charge is -2.27. The van der Waals surface area contributed by atoms with Crippen molar-refractivity contribution < 1.29 is 4.92 Å². The highest BCUT2D eigenvalue weighted by atomic mass is 35.5. The Morgan fingerprint density at radius 2 is 2.29 bits per heavy atom. The highest BCUT2D eigenvalue weighted by molar-refractivity contribution is 6.30. The van der Waals surface area contributed by atoms with E-state index in [2.05, 4.69) is 5.32 Å². The maximum Gasteiger partial charge on any atom is 0.275 e. The molecule has 74 valence electrons. The molecule has 1 aliphatic rings.